The first-order valence-electron chi connectivity index (χ1n) is 4.59. The Labute approximate surface area is 74.9 Å². The monoisotopic (exact) mass is 163 g/mol. The van der Waals surface area contributed by atoms with E-state index in [4.69, 9.17) is 0 Å². The van der Waals surface area contributed by atoms with E-state index in [9.17, 15) is 0 Å². The van der Waals surface area contributed by atoms with Gasteiger partial charge in [0.2, 0.25) is 0 Å². The molecule has 0 heterocycles. The molecule has 66 valence electrons. The molecule has 0 fully saturated rings. The van der Waals surface area contributed by atoms with Gasteiger partial charge in [-0.05, 0) is 25.3 Å². The van der Waals surface area contributed by atoms with Gasteiger partial charge < -0.3 is 5.32 Å². The molecule has 0 unspecified atom stereocenters. The van der Waals surface area contributed by atoms with Crippen molar-refractivity contribution in [3.63, 3.8) is 0 Å². The Balaban J connectivity index is 2.45. The molecular formula is C11H17N. The Kier molecular flexibility index (Phi) is 3.15. The highest BCUT2D eigenvalue weighted by molar-refractivity contribution is 5.40. The fourth-order valence-electron chi connectivity index (χ4n) is 1.36. The molecule has 0 aromatic rings. The molecule has 0 radical (unpaired) electrons. The number of rotatable bonds is 4. The molecule has 1 rings (SSSR count). The lowest BCUT2D eigenvalue weighted by atomic mass is 10.1. The van der Waals surface area contributed by atoms with Crippen LogP contribution in [0.1, 0.15) is 26.7 Å². The van der Waals surface area contributed by atoms with E-state index in [0.717, 1.165) is 25.1 Å². The first-order valence-corrected chi connectivity index (χ1v) is 4.59. The van der Waals surface area contributed by atoms with E-state index >= 15 is 0 Å². The highest BCUT2D eigenvalue weighted by Crippen LogP contribution is 2.24. The van der Waals surface area contributed by atoms with Crippen molar-refractivity contribution >= 4 is 0 Å². The van der Waals surface area contributed by atoms with Gasteiger partial charge in [-0.3, -0.25) is 0 Å². The number of allylic oxidation sites excluding steroid dienone is 4. The van der Waals surface area contributed by atoms with Crippen molar-refractivity contribution in [2.75, 3.05) is 6.54 Å². The molecule has 0 aromatic carbocycles. The zero-order valence-corrected chi connectivity index (χ0v) is 7.98. The summed E-state index contributed by atoms with van der Waals surface area (Å²) in [5.41, 5.74) is 3.93. The molecule has 0 amide bonds. The van der Waals surface area contributed by atoms with Crippen LogP contribution in [0.15, 0.2) is 35.6 Å². The minimum Gasteiger partial charge on any atom is -0.386 e. The lowest BCUT2D eigenvalue weighted by molar-refractivity contribution is 0.852. The summed E-state index contributed by atoms with van der Waals surface area (Å²) in [6, 6.07) is 0. The van der Waals surface area contributed by atoms with Crippen LogP contribution in [0.4, 0.5) is 0 Å². The van der Waals surface area contributed by atoms with Gasteiger partial charge in [0.1, 0.15) is 0 Å². The number of hydrogen-bond donors (Lipinski definition) is 1. The Morgan fingerprint density at radius 3 is 2.75 bits per heavy atom. The van der Waals surface area contributed by atoms with Crippen molar-refractivity contribution in [2.45, 2.75) is 26.7 Å². The minimum atomic E-state index is 0.956. The molecule has 0 saturated heterocycles. The minimum absolute atomic E-state index is 0.956. The maximum atomic E-state index is 3.98. The summed E-state index contributed by atoms with van der Waals surface area (Å²) in [6.45, 7) is 9.22. The highest BCUT2D eigenvalue weighted by atomic mass is 14.9. The van der Waals surface area contributed by atoms with Gasteiger partial charge >= 0.3 is 0 Å². The quantitative estimate of drug-likeness (QED) is 0.672. The molecule has 1 heteroatoms. The fraction of sp³-hybridized carbons (Fsp3) is 0.455. The predicted octanol–water partition coefficient (Wildman–Crippen LogP) is 2.78. The molecule has 0 aliphatic heterocycles. The standard InChI is InChI=1S/C11H17N/c1-4-10-6-7-11(8-10)9(3)12-5-2/h6-7,12H,3-5,8H2,1-2H3. The molecule has 1 N–H and O–H groups in total. The van der Waals surface area contributed by atoms with Crippen LogP contribution in [0.25, 0.3) is 0 Å². The second-order valence-electron chi connectivity index (χ2n) is 3.06. The van der Waals surface area contributed by atoms with Gasteiger partial charge in [0.25, 0.3) is 0 Å². The first-order chi connectivity index (χ1) is 5.77. The van der Waals surface area contributed by atoms with E-state index in [0.29, 0.717) is 0 Å². The third-order valence-electron chi connectivity index (χ3n) is 2.17. The summed E-state index contributed by atoms with van der Waals surface area (Å²) in [4.78, 5) is 0. The van der Waals surface area contributed by atoms with Crippen molar-refractivity contribution in [3.05, 3.63) is 35.6 Å². The SMILES string of the molecule is C=C(NCC)C1=CC=C(CC)C1. The van der Waals surface area contributed by atoms with E-state index in [1.165, 1.54) is 11.1 Å². The van der Waals surface area contributed by atoms with Crippen LogP contribution in [0.5, 0.6) is 0 Å². The lowest BCUT2D eigenvalue weighted by Gasteiger charge is -2.08. The molecule has 0 aromatic heterocycles. The molecule has 1 aliphatic carbocycles. The molecule has 1 nitrogen and oxygen atoms in total. The van der Waals surface area contributed by atoms with Crippen molar-refractivity contribution in [1.82, 2.24) is 5.32 Å². The third-order valence-corrected chi connectivity index (χ3v) is 2.17. The smallest absolute Gasteiger partial charge is 0.0302 e. The normalized spacial score (nSPS) is 15.5. The second-order valence-corrected chi connectivity index (χ2v) is 3.06. The Morgan fingerprint density at radius 1 is 1.50 bits per heavy atom. The fourth-order valence-corrected chi connectivity index (χ4v) is 1.36. The molecule has 0 saturated carbocycles. The Hall–Kier alpha value is -0.980. The summed E-state index contributed by atoms with van der Waals surface area (Å²) in [5.74, 6) is 0. The van der Waals surface area contributed by atoms with E-state index in [-0.39, 0.29) is 0 Å². The van der Waals surface area contributed by atoms with Crippen LogP contribution in [-0.2, 0) is 0 Å². The maximum absolute atomic E-state index is 3.98. The Morgan fingerprint density at radius 2 is 2.25 bits per heavy atom. The number of nitrogens with one attached hydrogen (secondary N) is 1. The average Bonchev–Trinajstić information content (AvgIpc) is 2.52. The molecule has 0 spiro atoms. The number of hydrogen-bond acceptors (Lipinski definition) is 1. The topological polar surface area (TPSA) is 12.0 Å². The van der Waals surface area contributed by atoms with Gasteiger partial charge in [0, 0.05) is 12.2 Å². The molecular weight excluding hydrogens is 146 g/mol. The molecule has 12 heavy (non-hydrogen) atoms. The van der Waals surface area contributed by atoms with Crippen molar-refractivity contribution in [3.8, 4) is 0 Å². The van der Waals surface area contributed by atoms with Crippen LogP contribution in [0.2, 0.25) is 0 Å². The van der Waals surface area contributed by atoms with Crippen molar-refractivity contribution in [2.24, 2.45) is 0 Å². The van der Waals surface area contributed by atoms with Gasteiger partial charge in [-0.1, -0.05) is 31.2 Å². The summed E-state index contributed by atoms with van der Waals surface area (Å²) in [7, 11) is 0. The Bertz CT molecular complexity index is 233. The predicted molar refractivity (Wildman–Crippen MR) is 53.9 cm³/mol. The van der Waals surface area contributed by atoms with Gasteiger partial charge in [0.15, 0.2) is 0 Å². The number of likely N-dealkylation sites (N-methyl/N-ethyl adjacent to an activating group) is 1. The van der Waals surface area contributed by atoms with Crippen LogP contribution in [-0.4, -0.2) is 6.54 Å². The summed E-state index contributed by atoms with van der Waals surface area (Å²) >= 11 is 0. The first kappa shape index (κ1) is 9.11. The molecule has 1 aliphatic rings. The zero-order chi connectivity index (χ0) is 8.97. The van der Waals surface area contributed by atoms with E-state index in [1.807, 2.05) is 0 Å². The van der Waals surface area contributed by atoms with E-state index in [2.05, 4.69) is 37.9 Å². The largest absolute Gasteiger partial charge is 0.386 e. The zero-order valence-electron chi connectivity index (χ0n) is 7.98. The third kappa shape index (κ3) is 2.00. The lowest BCUT2D eigenvalue weighted by Crippen LogP contribution is -2.12. The molecule has 0 atom stereocenters. The van der Waals surface area contributed by atoms with Crippen LogP contribution >= 0.6 is 0 Å². The van der Waals surface area contributed by atoms with Crippen LogP contribution in [0.3, 0.4) is 0 Å². The van der Waals surface area contributed by atoms with Crippen molar-refractivity contribution in [1.29, 1.82) is 0 Å². The summed E-state index contributed by atoms with van der Waals surface area (Å²) < 4.78 is 0. The maximum Gasteiger partial charge on any atom is 0.0302 e. The van der Waals surface area contributed by atoms with Gasteiger partial charge in [-0.15, -0.1) is 0 Å². The molecule has 0 bridgehead atoms. The van der Waals surface area contributed by atoms with Crippen molar-refractivity contribution < 1.29 is 0 Å². The van der Waals surface area contributed by atoms with Gasteiger partial charge in [-0.25, -0.2) is 0 Å². The highest BCUT2D eigenvalue weighted by Gasteiger charge is 2.08. The van der Waals surface area contributed by atoms with E-state index in [1.54, 1.807) is 0 Å². The van der Waals surface area contributed by atoms with E-state index < -0.39 is 0 Å². The van der Waals surface area contributed by atoms with Crippen LogP contribution < -0.4 is 5.32 Å². The summed E-state index contributed by atoms with van der Waals surface area (Å²) in [6.07, 6.45) is 6.61. The second kappa shape index (κ2) is 4.15. The summed E-state index contributed by atoms with van der Waals surface area (Å²) in [5, 5.41) is 3.24. The van der Waals surface area contributed by atoms with Gasteiger partial charge in [-0.2, -0.15) is 0 Å². The van der Waals surface area contributed by atoms with Gasteiger partial charge in [0.05, 0.1) is 0 Å². The van der Waals surface area contributed by atoms with Crippen LogP contribution in [0, 0.1) is 0 Å². The average molecular weight is 163 g/mol.